The molecule has 25 heavy (non-hydrogen) atoms. The first-order valence-corrected chi connectivity index (χ1v) is 9.61. The van der Waals surface area contributed by atoms with Gasteiger partial charge in [0.05, 0.1) is 6.61 Å². The molecule has 0 aliphatic carbocycles. The van der Waals surface area contributed by atoms with Gasteiger partial charge in [0.25, 0.3) is 0 Å². The number of carbonyl (C=O) groups is 1. The highest BCUT2D eigenvalue weighted by atomic mass is 16.5. The molecular formula is C18H37N5O2. The van der Waals surface area contributed by atoms with Crippen molar-refractivity contribution in [3.8, 4) is 0 Å². The van der Waals surface area contributed by atoms with Gasteiger partial charge in [0, 0.05) is 32.2 Å². The molecular weight excluding hydrogens is 318 g/mol. The van der Waals surface area contributed by atoms with Gasteiger partial charge in [-0.2, -0.15) is 0 Å². The monoisotopic (exact) mass is 355 g/mol. The predicted molar refractivity (Wildman–Crippen MR) is 103 cm³/mol. The Balaban J connectivity index is 2.44. The van der Waals surface area contributed by atoms with Gasteiger partial charge in [-0.25, -0.2) is 4.79 Å². The smallest absolute Gasteiger partial charge is 0.407 e. The molecule has 2 unspecified atom stereocenters. The summed E-state index contributed by atoms with van der Waals surface area (Å²) in [5.41, 5.74) is 0. The van der Waals surface area contributed by atoms with E-state index in [4.69, 9.17) is 4.74 Å². The van der Waals surface area contributed by atoms with Gasteiger partial charge in [0.2, 0.25) is 0 Å². The van der Waals surface area contributed by atoms with Crippen LogP contribution in [0.1, 0.15) is 47.0 Å². The number of carbonyl (C=O) groups excluding carboxylic acids is 1. The van der Waals surface area contributed by atoms with Gasteiger partial charge < -0.3 is 20.7 Å². The number of aliphatic imine (C=N–C) groups is 1. The molecule has 1 fully saturated rings. The first-order chi connectivity index (χ1) is 12.0. The lowest BCUT2D eigenvalue weighted by Crippen LogP contribution is -2.49. The lowest BCUT2D eigenvalue weighted by Gasteiger charge is -2.25. The second kappa shape index (κ2) is 12.0. The predicted octanol–water partition coefficient (Wildman–Crippen LogP) is 1.80. The van der Waals surface area contributed by atoms with Crippen molar-refractivity contribution in [2.45, 2.75) is 59.0 Å². The van der Waals surface area contributed by atoms with Crippen molar-refractivity contribution in [1.82, 2.24) is 20.9 Å². The Morgan fingerprint density at radius 2 is 2.08 bits per heavy atom. The van der Waals surface area contributed by atoms with Gasteiger partial charge in [-0.3, -0.25) is 9.89 Å². The highest BCUT2D eigenvalue weighted by Crippen LogP contribution is 2.15. The summed E-state index contributed by atoms with van der Waals surface area (Å²) in [6.45, 7) is 12.5. The van der Waals surface area contributed by atoms with E-state index in [0.717, 1.165) is 25.5 Å². The number of alkyl carbamates (subject to hydrolysis) is 1. The van der Waals surface area contributed by atoms with E-state index in [1.807, 2.05) is 6.92 Å². The Hall–Kier alpha value is -1.50. The van der Waals surface area contributed by atoms with Crippen LogP contribution < -0.4 is 16.0 Å². The van der Waals surface area contributed by atoms with E-state index >= 15 is 0 Å². The van der Waals surface area contributed by atoms with E-state index in [9.17, 15) is 4.79 Å². The number of rotatable bonds is 9. The number of nitrogens with zero attached hydrogens (tertiary/aromatic N) is 2. The van der Waals surface area contributed by atoms with Gasteiger partial charge in [-0.15, -0.1) is 0 Å². The van der Waals surface area contributed by atoms with Crippen molar-refractivity contribution in [3.05, 3.63) is 0 Å². The van der Waals surface area contributed by atoms with E-state index in [1.54, 1.807) is 7.05 Å². The molecule has 0 spiro atoms. The average molecular weight is 356 g/mol. The fourth-order valence-electron chi connectivity index (χ4n) is 3.30. The molecule has 1 aliphatic rings. The molecule has 0 radical (unpaired) electrons. The topological polar surface area (TPSA) is 78.0 Å². The molecule has 1 amide bonds. The molecule has 1 rings (SSSR count). The summed E-state index contributed by atoms with van der Waals surface area (Å²) < 4.78 is 5.00. The number of ether oxygens (including phenoxy) is 1. The van der Waals surface area contributed by atoms with Crippen molar-refractivity contribution in [1.29, 1.82) is 0 Å². The minimum atomic E-state index is -0.359. The molecule has 7 heteroatoms. The van der Waals surface area contributed by atoms with E-state index in [2.05, 4.69) is 46.6 Å². The normalized spacial score (nSPS) is 19.8. The second-order valence-corrected chi connectivity index (χ2v) is 6.95. The number of hydrogen-bond acceptors (Lipinski definition) is 4. The van der Waals surface area contributed by atoms with Gasteiger partial charge in [0.1, 0.15) is 0 Å². The highest BCUT2D eigenvalue weighted by Gasteiger charge is 2.23. The van der Waals surface area contributed by atoms with E-state index < -0.39 is 0 Å². The van der Waals surface area contributed by atoms with Crippen molar-refractivity contribution in [2.75, 3.05) is 39.8 Å². The average Bonchev–Trinajstić information content (AvgIpc) is 3.02. The Morgan fingerprint density at radius 3 is 2.68 bits per heavy atom. The lowest BCUT2D eigenvalue weighted by molar-refractivity contribution is 0.146. The summed E-state index contributed by atoms with van der Waals surface area (Å²) in [5, 5.41) is 9.67. The summed E-state index contributed by atoms with van der Waals surface area (Å²) >= 11 is 0. The number of nitrogens with one attached hydrogen (secondary N) is 3. The van der Waals surface area contributed by atoms with E-state index in [-0.39, 0.29) is 12.1 Å². The molecule has 146 valence electrons. The number of hydrogen-bond donors (Lipinski definition) is 3. The largest absolute Gasteiger partial charge is 0.450 e. The van der Waals surface area contributed by atoms with Gasteiger partial charge in [0.15, 0.2) is 5.96 Å². The molecule has 2 atom stereocenters. The van der Waals surface area contributed by atoms with Gasteiger partial charge in [-0.1, -0.05) is 20.8 Å². The molecule has 0 saturated carbocycles. The summed E-state index contributed by atoms with van der Waals surface area (Å²) in [7, 11) is 1.78. The zero-order chi connectivity index (χ0) is 18.7. The SMILES string of the molecule is CCOC(=O)NC(CNC(=NC)NCC1CCCN1CC)CC(C)C. The quantitative estimate of drug-likeness (QED) is 0.434. The van der Waals surface area contributed by atoms with Crippen LogP contribution in [0.15, 0.2) is 4.99 Å². The number of guanidine groups is 1. The maximum Gasteiger partial charge on any atom is 0.407 e. The van der Waals surface area contributed by atoms with E-state index in [0.29, 0.717) is 25.1 Å². The summed E-state index contributed by atoms with van der Waals surface area (Å²) in [6.07, 6.45) is 3.03. The summed E-state index contributed by atoms with van der Waals surface area (Å²) in [5.74, 6) is 1.27. The number of likely N-dealkylation sites (tertiary alicyclic amines) is 1. The van der Waals surface area contributed by atoms with Gasteiger partial charge >= 0.3 is 6.09 Å². The molecule has 0 aromatic rings. The second-order valence-electron chi connectivity index (χ2n) is 6.95. The Labute approximate surface area is 153 Å². The minimum absolute atomic E-state index is 0.0104. The van der Waals surface area contributed by atoms with Crippen LogP contribution in [-0.2, 0) is 4.74 Å². The van der Waals surface area contributed by atoms with Crippen LogP contribution in [0.4, 0.5) is 4.79 Å². The van der Waals surface area contributed by atoms with Crippen LogP contribution in [0.5, 0.6) is 0 Å². The van der Waals surface area contributed by atoms with Crippen LogP contribution >= 0.6 is 0 Å². The van der Waals surface area contributed by atoms with Crippen LogP contribution in [0, 0.1) is 5.92 Å². The van der Waals surface area contributed by atoms with E-state index in [1.165, 1.54) is 19.4 Å². The van der Waals surface area contributed by atoms with Gasteiger partial charge in [-0.05, 0) is 45.2 Å². The fraction of sp³-hybridized carbons (Fsp3) is 0.889. The van der Waals surface area contributed by atoms with Crippen LogP contribution in [0.25, 0.3) is 0 Å². The molecule has 3 N–H and O–H groups in total. The maximum absolute atomic E-state index is 11.7. The molecule has 0 bridgehead atoms. The lowest BCUT2D eigenvalue weighted by atomic mass is 10.0. The standard InChI is InChI=1S/C18H37N5O2/c1-6-23-10-8-9-16(23)13-21-17(19-5)20-12-15(11-14(3)4)22-18(24)25-7-2/h14-16H,6-13H2,1-5H3,(H,22,24)(H2,19,20,21). The first kappa shape index (κ1) is 21.5. The third-order valence-electron chi connectivity index (χ3n) is 4.50. The third kappa shape index (κ3) is 8.43. The molecule has 0 aromatic heterocycles. The molecule has 1 aliphatic heterocycles. The van der Waals surface area contributed by atoms with Crippen LogP contribution in [0.3, 0.4) is 0 Å². The van der Waals surface area contributed by atoms with Crippen molar-refractivity contribution >= 4 is 12.1 Å². The summed E-state index contributed by atoms with van der Waals surface area (Å²) in [6, 6.07) is 0.587. The van der Waals surface area contributed by atoms with Crippen LogP contribution in [-0.4, -0.2) is 68.9 Å². The van der Waals surface area contributed by atoms with Crippen molar-refractivity contribution in [2.24, 2.45) is 10.9 Å². The number of amides is 1. The van der Waals surface area contributed by atoms with Crippen LogP contribution in [0.2, 0.25) is 0 Å². The third-order valence-corrected chi connectivity index (χ3v) is 4.50. The zero-order valence-electron chi connectivity index (χ0n) is 16.6. The Bertz CT molecular complexity index is 414. The Morgan fingerprint density at radius 1 is 1.32 bits per heavy atom. The fourth-order valence-corrected chi connectivity index (χ4v) is 3.30. The summed E-state index contributed by atoms with van der Waals surface area (Å²) in [4.78, 5) is 18.5. The van der Waals surface area contributed by atoms with Crippen molar-refractivity contribution in [3.63, 3.8) is 0 Å². The highest BCUT2D eigenvalue weighted by molar-refractivity contribution is 5.79. The molecule has 0 aromatic carbocycles. The maximum atomic E-state index is 11.7. The minimum Gasteiger partial charge on any atom is -0.450 e. The Kier molecular flexibility index (Phi) is 10.3. The molecule has 1 heterocycles. The zero-order valence-corrected chi connectivity index (χ0v) is 16.6. The molecule has 1 saturated heterocycles. The first-order valence-electron chi connectivity index (χ1n) is 9.61. The van der Waals surface area contributed by atoms with Crippen molar-refractivity contribution < 1.29 is 9.53 Å². The molecule has 7 nitrogen and oxygen atoms in total. The number of likely N-dealkylation sites (N-methyl/N-ethyl adjacent to an activating group) is 1.